The number of nitrogens with one attached hydrogen (secondary N) is 1. The molecule has 1 saturated heterocycles. The van der Waals surface area contributed by atoms with E-state index in [0.717, 1.165) is 17.2 Å². The van der Waals surface area contributed by atoms with E-state index in [1.165, 1.54) is 17.1 Å². The standard InChI is InChI=1S/C19H22N8O2/c1-13-8-14(2)27(24-13)17-9-16(21-12-22-17)25-10-15(11-25)19(29)20-6-7-26-18(28)4-3-5-23-26/h3-5,8-9,12,15H,6-7,10-11H2,1-2H3,(H,20,29). The number of hydrogen-bond donors (Lipinski definition) is 1. The molecule has 10 nitrogen and oxygen atoms in total. The fraction of sp³-hybridized carbons (Fsp3) is 0.368. The Morgan fingerprint density at radius 1 is 1.21 bits per heavy atom. The molecular formula is C19H22N8O2. The van der Waals surface area contributed by atoms with Crippen molar-refractivity contribution in [3.63, 3.8) is 0 Å². The third kappa shape index (κ3) is 4.00. The average Bonchev–Trinajstić information content (AvgIpc) is 3.00. The van der Waals surface area contributed by atoms with Crippen molar-refractivity contribution in [2.24, 2.45) is 5.92 Å². The first-order valence-corrected chi connectivity index (χ1v) is 9.42. The highest BCUT2D eigenvalue weighted by Crippen LogP contribution is 2.24. The molecule has 0 unspecified atom stereocenters. The Labute approximate surface area is 167 Å². The molecule has 0 radical (unpaired) electrons. The van der Waals surface area contributed by atoms with Crippen LogP contribution in [-0.2, 0) is 11.3 Å². The summed E-state index contributed by atoms with van der Waals surface area (Å²) >= 11 is 0. The number of rotatable bonds is 6. The van der Waals surface area contributed by atoms with Gasteiger partial charge in [0.2, 0.25) is 5.91 Å². The molecule has 1 aliphatic rings. The molecule has 0 atom stereocenters. The van der Waals surface area contributed by atoms with Gasteiger partial charge in [0.1, 0.15) is 12.1 Å². The van der Waals surface area contributed by atoms with Crippen LogP contribution in [0.1, 0.15) is 11.4 Å². The van der Waals surface area contributed by atoms with Gasteiger partial charge in [0.25, 0.3) is 5.56 Å². The maximum Gasteiger partial charge on any atom is 0.266 e. The number of carbonyl (C=O) groups excluding carboxylic acids is 1. The smallest absolute Gasteiger partial charge is 0.266 e. The van der Waals surface area contributed by atoms with Gasteiger partial charge in [0.05, 0.1) is 18.2 Å². The van der Waals surface area contributed by atoms with E-state index < -0.39 is 0 Å². The molecule has 0 saturated carbocycles. The van der Waals surface area contributed by atoms with Crippen LogP contribution in [0.5, 0.6) is 0 Å². The summed E-state index contributed by atoms with van der Waals surface area (Å²) in [6.45, 7) is 5.80. The fourth-order valence-electron chi connectivity index (χ4n) is 3.30. The van der Waals surface area contributed by atoms with E-state index in [2.05, 4.69) is 25.5 Å². The molecule has 0 spiro atoms. The Kier molecular flexibility index (Phi) is 5.07. The first kappa shape index (κ1) is 18.8. The highest BCUT2D eigenvalue weighted by Gasteiger charge is 2.33. The first-order valence-electron chi connectivity index (χ1n) is 9.42. The number of hydrogen-bond acceptors (Lipinski definition) is 7. The number of carbonyl (C=O) groups is 1. The highest BCUT2D eigenvalue weighted by atomic mass is 16.2. The molecule has 10 heteroatoms. The van der Waals surface area contributed by atoms with Gasteiger partial charge in [-0.05, 0) is 26.0 Å². The topological polar surface area (TPSA) is 111 Å². The van der Waals surface area contributed by atoms with Crippen molar-refractivity contribution in [3.05, 3.63) is 58.5 Å². The number of aromatic nitrogens is 6. The van der Waals surface area contributed by atoms with Crippen molar-refractivity contribution in [2.75, 3.05) is 24.5 Å². The molecule has 0 aromatic carbocycles. The molecule has 0 bridgehead atoms. The van der Waals surface area contributed by atoms with Gasteiger partial charge in [0, 0.05) is 43.7 Å². The monoisotopic (exact) mass is 394 g/mol. The summed E-state index contributed by atoms with van der Waals surface area (Å²) in [6.07, 6.45) is 3.06. The maximum absolute atomic E-state index is 12.3. The molecule has 1 amide bonds. The zero-order valence-electron chi connectivity index (χ0n) is 16.3. The summed E-state index contributed by atoms with van der Waals surface area (Å²) in [4.78, 5) is 34.6. The zero-order valence-corrected chi connectivity index (χ0v) is 16.3. The Hall–Kier alpha value is -3.56. The average molecular weight is 394 g/mol. The van der Waals surface area contributed by atoms with Crippen LogP contribution in [0.3, 0.4) is 0 Å². The van der Waals surface area contributed by atoms with Crippen LogP contribution in [-0.4, -0.2) is 55.1 Å². The quantitative estimate of drug-likeness (QED) is 0.631. The summed E-state index contributed by atoms with van der Waals surface area (Å²) in [7, 11) is 0. The SMILES string of the molecule is Cc1cc(C)n(-c2cc(N3CC(C(=O)NCCn4ncccc4=O)C3)ncn2)n1. The summed E-state index contributed by atoms with van der Waals surface area (Å²) in [6, 6.07) is 6.90. The summed E-state index contributed by atoms with van der Waals surface area (Å²) in [5.74, 6) is 1.33. The van der Waals surface area contributed by atoms with Crippen molar-refractivity contribution in [2.45, 2.75) is 20.4 Å². The number of nitrogens with zero attached hydrogens (tertiary/aromatic N) is 7. The molecule has 4 heterocycles. The molecule has 0 aliphatic carbocycles. The minimum absolute atomic E-state index is 0.0296. The molecule has 1 N–H and O–H groups in total. The lowest BCUT2D eigenvalue weighted by atomic mass is 9.99. The lowest BCUT2D eigenvalue weighted by Crippen LogP contribution is -2.54. The van der Waals surface area contributed by atoms with Gasteiger partial charge < -0.3 is 10.2 Å². The van der Waals surface area contributed by atoms with Crippen molar-refractivity contribution in [1.82, 2.24) is 34.8 Å². The Balaban J connectivity index is 1.31. The van der Waals surface area contributed by atoms with E-state index in [1.54, 1.807) is 16.9 Å². The van der Waals surface area contributed by atoms with E-state index in [0.29, 0.717) is 32.0 Å². The second-order valence-electron chi connectivity index (χ2n) is 7.05. The number of aryl methyl sites for hydroxylation is 2. The minimum Gasteiger partial charge on any atom is -0.355 e. The summed E-state index contributed by atoms with van der Waals surface area (Å²) in [5, 5.41) is 11.3. The fourth-order valence-corrected chi connectivity index (χ4v) is 3.30. The third-order valence-electron chi connectivity index (χ3n) is 4.85. The largest absolute Gasteiger partial charge is 0.355 e. The van der Waals surface area contributed by atoms with E-state index in [4.69, 9.17) is 0 Å². The van der Waals surface area contributed by atoms with Gasteiger partial charge in [-0.1, -0.05) is 0 Å². The second kappa shape index (κ2) is 7.82. The van der Waals surface area contributed by atoms with Crippen molar-refractivity contribution in [1.29, 1.82) is 0 Å². The van der Waals surface area contributed by atoms with E-state index >= 15 is 0 Å². The van der Waals surface area contributed by atoms with E-state index in [1.807, 2.05) is 30.9 Å². The molecule has 150 valence electrons. The normalized spacial score (nSPS) is 13.9. The molecule has 29 heavy (non-hydrogen) atoms. The van der Waals surface area contributed by atoms with Crippen molar-refractivity contribution < 1.29 is 4.79 Å². The molecular weight excluding hydrogens is 372 g/mol. The number of amides is 1. The van der Waals surface area contributed by atoms with Crippen LogP contribution >= 0.6 is 0 Å². The van der Waals surface area contributed by atoms with Crippen LogP contribution < -0.4 is 15.8 Å². The Morgan fingerprint density at radius 2 is 2.00 bits per heavy atom. The predicted molar refractivity (Wildman–Crippen MR) is 106 cm³/mol. The van der Waals surface area contributed by atoms with Crippen LogP contribution in [0, 0.1) is 19.8 Å². The maximum atomic E-state index is 12.3. The van der Waals surface area contributed by atoms with Crippen LogP contribution in [0.4, 0.5) is 5.82 Å². The minimum atomic E-state index is -0.182. The molecule has 3 aromatic heterocycles. The highest BCUT2D eigenvalue weighted by molar-refractivity contribution is 5.81. The Morgan fingerprint density at radius 3 is 2.72 bits per heavy atom. The van der Waals surface area contributed by atoms with Gasteiger partial charge in [0.15, 0.2) is 5.82 Å². The van der Waals surface area contributed by atoms with Gasteiger partial charge >= 0.3 is 0 Å². The lowest BCUT2D eigenvalue weighted by molar-refractivity contribution is -0.125. The van der Waals surface area contributed by atoms with Crippen LogP contribution in [0.25, 0.3) is 5.82 Å². The zero-order chi connectivity index (χ0) is 20.4. The lowest BCUT2D eigenvalue weighted by Gasteiger charge is -2.39. The molecule has 1 aliphatic heterocycles. The first-order chi connectivity index (χ1) is 14.0. The van der Waals surface area contributed by atoms with E-state index in [9.17, 15) is 9.59 Å². The van der Waals surface area contributed by atoms with E-state index in [-0.39, 0.29) is 17.4 Å². The van der Waals surface area contributed by atoms with Gasteiger partial charge in [-0.3, -0.25) is 9.59 Å². The van der Waals surface area contributed by atoms with Gasteiger partial charge in [-0.25, -0.2) is 19.3 Å². The van der Waals surface area contributed by atoms with Gasteiger partial charge in [-0.15, -0.1) is 0 Å². The van der Waals surface area contributed by atoms with Crippen molar-refractivity contribution in [3.8, 4) is 5.82 Å². The summed E-state index contributed by atoms with van der Waals surface area (Å²) in [5.41, 5.74) is 1.75. The predicted octanol–water partition coefficient (Wildman–Crippen LogP) is 0.0884. The number of anilines is 1. The Bertz CT molecular complexity index is 1080. The van der Waals surface area contributed by atoms with Crippen LogP contribution in [0.15, 0.2) is 41.6 Å². The van der Waals surface area contributed by atoms with Crippen molar-refractivity contribution >= 4 is 11.7 Å². The third-order valence-corrected chi connectivity index (χ3v) is 4.85. The van der Waals surface area contributed by atoms with Crippen LogP contribution in [0.2, 0.25) is 0 Å². The second-order valence-corrected chi connectivity index (χ2v) is 7.05. The summed E-state index contributed by atoms with van der Waals surface area (Å²) < 4.78 is 3.11. The molecule has 1 fully saturated rings. The molecule has 3 aromatic rings. The molecule has 4 rings (SSSR count). The van der Waals surface area contributed by atoms with Gasteiger partial charge in [-0.2, -0.15) is 10.2 Å².